The molecule has 1 aromatic carbocycles. The van der Waals surface area contributed by atoms with E-state index in [-0.39, 0.29) is 5.91 Å². The van der Waals surface area contributed by atoms with Crippen molar-refractivity contribution in [1.29, 1.82) is 0 Å². The zero-order chi connectivity index (χ0) is 18.8. The van der Waals surface area contributed by atoms with E-state index in [0.717, 1.165) is 5.56 Å². The molecule has 0 saturated heterocycles. The van der Waals surface area contributed by atoms with Crippen molar-refractivity contribution in [3.05, 3.63) is 41.9 Å². The van der Waals surface area contributed by atoms with Gasteiger partial charge in [-0.1, -0.05) is 6.07 Å². The largest absolute Gasteiger partial charge is 0.493 e. The Balaban J connectivity index is 1.88. The predicted molar refractivity (Wildman–Crippen MR) is 98.0 cm³/mol. The summed E-state index contributed by atoms with van der Waals surface area (Å²) in [5, 5.41) is 5.92. The summed E-state index contributed by atoms with van der Waals surface area (Å²) in [6.45, 7) is 1.63. The summed E-state index contributed by atoms with van der Waals surface area (Å²) < 4.78 is 15.5. The monoisotopic (exact) mass is 360 g/mol. The van der Waals surface area contributed by atoms with Gasteiger partial charge in [-0.05, 0) is 24.1 Å². The SMILES string of the molecule is COCCNc1cc(C(=O)NCCc2ccc(OC)c(OC)c2)ncn1. The predicted octanol–water partition coefficient (Wildman–Crippen LogP) is 1.52. The van der Waals surface area contributed by atoms with Gasteiger partial charge in [-0.25, -0.2) is 9.97 Å². The standard InChI is InChI=1S/C18H24N4O4/c1-24-9-8-19-17-11-14(21-12-22-17)18(23)20-7-6-13-4-5-15(25-2)16(10-13)26-3/h4-5,10-12H,6-9H2,1-3H3,(H,20,23)(H,19,21,22). The maximum Gasteiger partial charge on any atom is 0.270 e. The summed E-state index contributed by atoms with van der Waals surface area (Å²) in [5.74, 6) is 1.68. The lowest BCUT2D eigenvalue weighted by Gasteiger charge is -2.10. The third-order valence-corrected chi connectivity index (χ3v) is 3.66. The van der Waals surface area contributed by atoms with E-state index in [1.807, 2.05) is 18.2 Å². The Morgan fingerprint density at radius 1 is 1.04 bits per heavy atom. The van der Waals surface area contributed by atoms with Crippen LogP contribution in [0.1, 0.15) is 16.1 Å². The van der Waals surface area contributed by atoms with E-state index in [4.69, 9.17) is 14.2 Å². The summed E-state index contributed by atoms with van der Waals surface area (Å²) in [6, 6.07) is 7.29. The topological polar surface area (TPSA) is 94.6 Å². The molecule has 0 bridgehead atoms. The highest BCUT2D eigenvalue weighted by molar-refractivity contribution is 5.92. The molecule has 0 saturated carbocycles. The molecule has 0 atom stereocenters. The van der Waals surface area contributed by atoms with Gasteiger partial charge in [0.25, 0.3) is 5.91 Å². The number of rotatable bonds is 10. The lowest BCUT2D eigenvalue weighted by molar-refractivity contribution is 0.0949. The van der Waals surface area contributed by atoms with Crippen molar-refractivity contribution >= 4 is 11.7 Å². The van der Waals surface area contributed by atoms with Crippen molar-refractivity contribution in [3.63, 3.8) is 0 Å². The van der Waals surface area contributed by atoms with Crippen LogP contribution in [0.3, 0.4) is 0 Å². The maximum absolute atomic E-state index is 12.2. The smallest absolute Gasteiger partial charge is 0.270 e. The fraction of sp³-hybridized carbons (Fsp3) is 0.389. The highest BCUT2D eigenvalue weighted by Gasteiger charge is 2.09. The number of anilines is 1. The Morgan fingerprint density at radius 2 is 1.85 bits per heavy atom. The second kappa shape index (κ2) is 10.2. The first-order valence-electron chi connectivity index (χ1n) is 8.22. The molecule has 1 amide bonds. The second-order valence-corrected chi connectivity index (χ2v) is 5.40. The van der Waals surface area contributed by atoms with Crippen molar-refractivity contribution in [2.75, 3.05) is 46.3 Å². The average molecular weight is 360 g/mol. The van der Waals surface area contributed by atoms with E-state index in [1.165, 1.54) is 6.33 Å². The molecule has 2 aromatic rings. The number of aromatic nitrogens is 2. The van der Waals surface area contributed by atoms with Crippen LogP contribution < -0.4 is 20.1 Å². The van der Waals surface area contributed by atoms with Crippen molar-refractivity contribution < 1.29 is 19.0 Å². The third-order valence-electron chi connectivity index (χ3n) is 3.66. The van der Waals surface area contributed by atoms with E-state index in [2.05, 4.69) is 20.6 Å². The van der Waals surface area contributed by atoms with Crippen molar-refractivity contribution in [3.8, 4) is 11.5 Å². The summed E-state index contributed by atoms with van der Waals surface area (Å²) >= 11 is 0. The zero-order valence-corrected chi connectivity index (χ0v) is 15.2. The van der Waals surface area contributed by atoms with E-state index in [9.17, 15) is 4.79 Å². The number of carbonyl (C=O) groups excluding carboxylic acids is 1. The lowest BCUT2D eigenvalue weighted by Crippen LogP contribution is -2.26. The van der Waals surface area contributed by atoms with Gasteiger partial charge in [0.15, 0.2) is 11.5 Å². The fourth-order valence-electron chi connectivity index (χ4n) is 2.31. The van der Waals surface area contributed by atoms with Gasteiger partial charge in [-0.3, -0.25) is 4.79 Å². The van der Waals surface area contributed by atoms with Gasteiger partial charge in [0.1, 0.15) is 17.8 Å². The first kappa shape index (κ1) is 19.5. The van der Waals surface area contributed by atoms with E-state index in [0.29, 0.717) is 49.1 Å². The van der Waals surface area contributed by atoms with Gasteiger partial charge in [0, 0.05) is 26.3 Å². The van der Waals surface area contributed by atoms with Gasteiger partial charge in [-0.15, -0.1) is 0 Å². The van der Waals surface area contributed by atoms with Gasteiger partial charge in [0.05, 0.1) is 20.8 Å². The molecule has 0 fully saturated rings. The number of nitrogens with one attached hydrogen (secondary N) is 2. The molecule has 2 N–H and O–H groups in total. The Morgan fingerprint density at radius 3 is 2.58 bits per heavy atom. The molecule has 0 spiro atoms. The first-order valence-corrected chi connectivity index (χ1v) is 8.22. The second-order valence-electron chi connectivity index (χ2n) is 5.40. The molecule has 1 heterocycles. The van der Waals surface area contributed by atoms with Crippen LogP contribution in [0.5, 0.6) is 11.5 Å². The molecule has 0 aliphatic carbocycles. The molecule has 8 nitrogen and oxygen atoms in total. The quantitative estimate of drug-likeness (QED) is 0.620. The van der Waals surface area contributed by atoms with Crippen LogP contribution in [-0.4, -0.2) is 56.9 Å². The number of methoxy groups -OCH3 is 3. The number of benzene rings is 1. The van der Waals surface area contributed by atoms with E-state index >= 15 is 0 Å². The summed E-state index contributed by atoms with van der Waals surface area (Å²) in [5.41, 5.74) is 1.35. The minimum atomic E-state index is -0.248. The minimum Gasteiger partial charge on any atom is -0.493 e. The first-order chi connectivity index (χ1) is 12.7. The molecule has 0 aliphatic rings. The maximum atomic E-state index is 12.2. The highest BCUT2D eigenvalue weighted by Crippen LogP contribution is 2.27. The van der Waals surface area contributed by atoms with Crippen LogP contribution in [0, 0.1) is 0 Å². The van der Waals surface area contributed by atoms with Gasteiger partial charge in [0.2, 0.25) is 0 Å². The Labute approximate surface area is 152 Å². The highest BCUT2D eigenvalue weighted by atomic mass is 16.5. The Kier molecular flexibility index (Phi) is 7.63. The van der Waals surface area contributed by atoms with Gasteiger partial charge in [-0.2, -0.15) is 0 Å². The van der Waals surface area contributed by atoms with Crippen LogP contribution >= 0.6 is 0 Å². The molecule has 1 aromatic heterocycles. The molecule has 0 aliphatic heterocycles. The molecular weight excluding hydrogens is 336 g/mol. The van der Waals surface area contributed by atoms with Crippen LogP contribution in [-0.2, 0) is 11.2 Å². The van der Waals surface area contributed by atoms with Crippen molar-refractivity contribution in [1.82, 2.24) is 15.3 Å². The Bertz CT molecular complexity index is 724. The molecule has 26 heavy (non-hydrogen) atoms. The fourth-order valence-corrected chi connectivity index (χ4v) is 2.31. The van der Waals surface area contributed by atoms with Crippen LogP contribution in [0.25, 0.3) is 0 Å². The molecule has 140 valence electrons. The summed E-state index contributed by atoms with van der Waals surface area (Å²) in [4.78, 5) is 20.3. The lowest BCUT2D eigenvalue weighted by atomic mass is 10.1. The van der Waals surface area contributed by atoms with Gasteiger partial charge < -0.3 is 24.8 Å². The van der Waals surface area contributed by atoms with Gasteiger partial charge >= 0.3 is 0 Å². The van der Waals surface area contributed by atoms with Crippen LogP contribution in [0.15, 0.2) is 30.6 Å². The summed E-state index contributed by atoms with van der Waals surface area (Å²) in [6.07, 6.45) is 2.02. The molecular formula is C18H24N4O4. The summed E-state index contributed by atoms with van der Waals surface area (Å²) in [7, 11) is 4.81. The number of hydrogen-bond donors (Lipinski definition) is 2. The van der Waals surface area contributed by atoms with E-state index < -0.39 is 0 Å². The van der Waals surface area contributed by atoms with Crippen LogP contribution in [0.4, 0.5) is 5.82 Å². The van der Waals surface area contributed by atoms with Crippen LogP contribution in [0.2, 0.25) is 0 Å². The number of ether oxygens (including phenoxy) is 3. The molecule has 0 unspecified atom stereocenters. The normalized spacial score (nSPS) is 10.3. The minimum absolute atomic E-state index is 0.248. The van der Waals surface area contributed by atoms with E-state index in [1.54, 1.807) is 27.4 Å². The van der Waals surface area contributed by atoms with Crippen molar-refractivity contribution in [2.45, 2.75) is 6.42 Å². The zero-order valence-electron chi connectivity index (χ0n) is 15.2. The number of hydrogen-bond acceptors (Lipinski definition) is 7. The Hall–Kier alpha value is -2.87. The number of carbonyl (C=O) groups is 1. The molecule has 2 rings (SSSR count). The molecule has 8 heteroatoms. The number of amides is 1. The molecule has 0 radical (unpaired) electrons. The third kappa shape index (κ3) is 5.59. The number of nitrogens with zero attached hydrogens (tertiary/aromatic N) is 2. The average Bonchev–Trinajstić information content (AvgIpc) is 2.68. The van der Waals surface area contributed by atoms with Crippen molar-refractivity contribution in [2.24, 2.45) is 0 Å².